The van der Waals surface area contributed by atoms with E-state index in [0.717, 1.165) is 50.6 Å². The summed E-state index contributed by atoms with van der Waals surface area (Å²) in [4.78, 5) is 0. The highest BCUT2D eigenvalue weighted by Crippen LogP contribution is 2.50. The molecule has 2 heterocycles. The number of benzene rings is 8. The molecule has 0 unspecified atom stereocenters. The van der Waals surface area contributed by atoms with Gasteiger partial charge >= 0.3 is 0 Å². The van der Waals surface area contributed by atoms with Gasteiger partial charge in [-0.05, 0) is 105 Å². The molecule has 0 amide bonds. The summed E-state index contributed by atoms with van der Waals surface area (Å²) in [6.07, 6.45) is 0. The topological polar surface area (TPSA) is 22.8 Å². The fraction of sp³-hybridized carbons (Fsp3) is 0.0556. The van der Waals surface area contributed by atoms with E-state index < -0.39 is 0 Å². The summed E-state index contributed by atoms with van der Waals surface area (Å²) >= 11 is 0. The van der Waals surface area contributed by atoms with Crippen LogP contribution in [0.15, 0.2) is 200 Å². The highest BCUT2D eigenvalue weighted by molar-refractivity contribution is 6.10. The number of nitrogens with zero attached hydrogens (tertiary/aromatic N) is 3. The summed E-state index contributed by atoms with van der Waals surface area (Å²) in [5, 5.41) is 7.81. The maximum atomic E-state index is 5.35. The van der Waals surface area contributed by atoms with E-state index in [2.05, 4.69) is 223 Å². The molecule has 0 fully saturated rings. The van der Waals surface area contributed by atoms with Crippen molar-refractivity contribution < 1.29 is 0 Å². The zero-order chi connectivity index (χ0) is 38.1. The summed E-state index contributed by atoms with van der Waals surface area (Å²) in [7, 11) is 0. The van der Waals surface area contributed by atoms with Gasteiger partial charge in [-0.3, -0.25) is 0 Å². The summed E-state index contributed by atoms with van der Waals surface area (Å²) in [6, 6.07) is 72.5. The van der Waals surface area contributed by atoms with Gasteiger partial charge in [-0.25, -0.2) is 4.68 Å². The molecule has 3 nitrogen and oxygen atoms in total. The molecule has 57 heavy (non-hydrogen) atoms. The Morgan fingerprint density at radius 1 is 0.386 bits per heavy atom. The maximum absolute atomic E-state index is 5.35. The van der Waals surface area contributed by atoms with Crippen LogP contribution in [0.2, 0.25) is 0 Å². The summed E-state index contributed by atoms with van der Waals surface area (Å²) in [6.45, 7) is 4.71. The van der Waals surface area contributed by atoms with Crippen molar-refractivity contribution in [1.29, 1.82) is 0 Å². The second-order valence-electron chi connectivity index (χ2n) is 15.7. The average molecular weight is 730 g/mol. The molecule has 270 valence electrons. The maximum Gasteiger partial charge on any atom is 0.0934 e. The minimum Gasteiger partial charge on any atom is -0.309 e. The molecular weight excluding hydrogens is 691 g/mol. The van der Waals surface area contributed by atoms with Crippen LogP contribution in [0.25, 0.3) is 89.1 Å². The van der Waals surface area contributed by atoms with E-state index in [1.807, 2.05) is 0 Å². The molecule has 11 rings (SSSR count). The van der Waals surface area contributed by atoms with Gasteiger partial charge in [0.15, 0.2) is 0 Å². The molecular formula is C54H39N3. The zero-order valence-corrected chi connectivity index (χ0v) is 31.9. The van der Waals surface area contributed by atoms with Crippen molar-refractivity contribution in [2.45, 2.75) is 19.3 Å². The molecule has 8 aromatic carbocycles. The molecule has 0 N–H and O–H groups in total. The van der Waals surface area contributed by atoms with Crippen LogP contribution >= 0.6 is 0 Å². The number of hydrogen-bond acceptors (Lipinski definition) is 1. The van der Waals surface area contributed by atoms with E-state index in [-0.39, 0.29) is 5.41 Å². The molecule has 0 radical (unpaired) electrons. The normalized spacial score (nSPS) is 12.9. The van der Waals surface area contributed by atoms with E-state index >= 15 is 0 Å². The van der Waals surface area contributed by atoms with Crippen molar-refractivity contribution in [1.82, 2.24) is 14.3 Å². The van der Waals surface area contributed by atoms with Gasteiger partial charge in [-0.2, -0.15) is 5.10 Å². The Hall–Kier alpha value is -7.23. The predicted molar refractivity (Wildman–Crippen MR) is 237 cm³/mol. The monoisotopic (exact) mass is 729 g/mol. The smallest absolute Gasteiger partial charge is 0.0934 e. The van der Waals surface area contributed by atoms with E-state index in [1.54, 1.807) is 0 Å². The molecule has 3 heteroatoms. The van der Waals surface area contributed by atoms with Crippen molar-refractivity contribution in [3.63, 3.8) is 0 Å². The molecule has 0 atom stereocenters. The first-order valence-electron chi connectivity index (χ1n) is 19.7. The lowest BCUT2D eigenvalue weighted by molar-refractivity contribution is 0.660. The Morgan fingerprint density at radius 2 is 0.982 bits per heavy atom. The average Bonchev–Trinajstić information content (AvgIpc) is 3.93. The van der Waals surface area contributed by atoms with Gasteiger partial charge in [-0.15, -0.1) is 0 Å². The Kier molecular flexibility index (Phi) is 7.52. The Bertz CT molecular complexity index is 3130. The van der Waals surface area contributed by atoms with E-state index in [1.165, 1.54) is 49.6 Å². The third kappa shape index (κ3) is 5.38. The van der Waals surface area contributed by atoms with Crippen molar-refractivity contribution in [3.05, 3.63) is 211 Å². The summed E-state index contributed by atoms with van der Waals surface area (Å²) in [5.41, 5.74) is 18.7. The number of para-hydroxylation sites is 2. The highest BCUT2D eigenvalue weighted by Gasteiger charge is 2.35. The van der Waals surface area contributed by atoms with Gasteiger partial charge in [-0.1, -0.05) is 153 Å². The van der Waals surface area contributed by atoms with E-state index in [0.29, 0.717) is 0 Å². The van der Waals surface area contributed by atoms with Gasteiger partial charge < -0.3 is 4.57 Å². The third-order valence-corrected chi connectivity index (χ3v) is 11.9. The van der Waals surface area contributed by atoms with Crippen LogP contribution in [-0.2, 0) is 5.41 Å². The lowest BCUT2D eigenvalue weighted by atomic mass is 9.81. The lowest BCUT2D eigenvalue weighted by Crippen LogP contribution is -2.14. The van der Waals surface area contributed by atoms with Gasteiger partial charge in [0.2, 0.25) is 0 Å². The molecule has 10 aromatic rings. The van der Waals surface area contributed by atoms with E-state index in [4.69, 9.17) is 5.10 Å². The van der Waals surface area contributed by atoms with Gasteiger partial charge in [0.25, 0.3) is 0 Å². The first-order valence-corrected chi connectivity index (χ1v) is 19.7. The number of aromatic nitrogens is 3. The lowest BCUT2D eigenvalue weighted by Gasteiger charge is -2.22. The molecule has 0 aliphatic heterocycles. The van der Waals surface area contributed by atoms with Gasteiger partial charge in [0.1, 0.15) is 0 Å². The molecule has 1 aliphatic carbocycles. The molecule has 0 saturated carbocycles. The Labute approximate surface area is 332 Å². The van der Waals surface area contributed by atoms with Crippen LogP contribution in [0.5, 0.6) is 0 Å². The zero-order valence-electron chi connectivity index (χ0n) is 31.9. The van der Waals surface area contributed by atoms with Gasteiger partial charge in [0.05, 0.1) is 28.1 Å². The second kappa shape index (κ2) is 12.9. The third-order valence-electron chi connectivity index (χ3n) is 11.9. The van der Waals surface area contributed by atoms with Crippen LogP contribution in [0.3, 0.4) is 0 Å². The fourth-order valence-corrected chi connectivity index (χ4v) is 9.10. The van der Waals surface area contributed by atoms with Crippen molar-refractivity contribution in [3.8, 4) is 67.3 Å². The molecule has 1 aliphatic rings. The second-order valence-corrected chi connectivity index (χ2v) is 15.7. The fourth-order valence-electron chi connectivity index (χ4n) is 9.10. The number of rotatable bonds is 6. The van der Waals surface area contributed by atoms with Crippen molar-refractivity contribution in [2.75, 3.05) is 0 Å². The summed E-state index contributed by atoms with van der Waals surface area (Å²) < 4.78 is 4.51. The van der Waals surface area contributed by atoms with Crippen LogP contribution < -0.4 is 0 Å². The van der Waals surface area contributed by atoms with Crippen LogP contribution in [0.1, 0.15) is 25.0 Å². The van der Waals surface area contributed by atoms with Crippen LogP contribution in [0, 0.1) is 0 Å². The quantitative estimate of drug-likeness (QED) is 0.167. The predicted octanol–water partition coefficient (Wildman–Crippen LogP) is 13.9. The van der Waals surface area contributed by atoms with Crippen LogP contribution in [0.4, 0.5) is 0 Å². The first-order chi connectivity index (χ1) is 28.0. The largest absolute Gasteiger partial charge is 0.309 e. The first kappa shape index (κ1) is 33.1. The number of fused-ring (bicyclic) bond motifs is 6. The Morgan fingerprint density at radius 3 is 1.75 bits per heavy atom. The molecule has 0 saturated heterocycles. The van der Waals surface area contributed by atoms with E-state index in [9.17, 15) is 0 Å². The van der Waals surface area contributed by atoms with Crippen molar-refractivity contribution in [2.24, 2.45) is 0 Å². The highest BCUT2D eigenvalue weighted by atomic mass is 15.3. The van der Waals surface area contributed by atoms with Gasteiger partial charge in [0, 0.05) is 33.0 Å². The Balaban J connectivity index is 1.15. The minimum absolute atomic E-state index is 0.104. The van der Waals surface area contributed by atoms with Crippen molar-refractivity contribution >= 4 is 21.8 Å². The SMILES string of the molecule is CC1(C)c2ccccc2-c2ccc(-c3cc(-c4ccc5c(c4)c4ccccc4n5-c4ccccc4)cc(-n4nc(-c5ccccc5)cc4-c4ccccc4)c3)cc21. The molecule has 0 bridgehead atoms. The standard InChI is InChI=1S/C54H39N3/c1-54(2)48-24-14-12-22-44(48)45-28-26-39(34-49(45)54)41-30-40(38-27-29-52-47(33-38)46-23-13-15-25-51(46)56(52)42-20-10-5-11-21-42)31-43(32-41)57-53(37-18-8-4-9-19-37)35-50(55-57)36-16-6-3-7-17-36/h3-35H,1-2H3. The van der Waals surface area contributed by atoms with Crippen LogP contribution in [-0.4, -0.2) is 14.3 Å². The molecule has 2 aromatic heterocycles. The molecule has 0 spiro atoms. The minimum atomic E-state index is -0.104. The number of hydrogen-bond donors (Lipinski definition) is 0. The summed E-state index contributed by atoms with van der Waals surface area (Å²) in [5.74, 6) is 0.